The number of phosphoric ester groups is 1. The molecule has 0 aromatic heterocycles. The third kappa shape index (κ3) is 32.5. The van der Waals surface area contributed by atoms with E-state index in [4.69, 9.17) is 19.3 Å². The van der Waals surface area contributed by atoms with E-state index in [-0.39, 0.29) is 32.1 Å². The Bertz CT molecular complexity index is 956. The van der Waals surface area contributed by atoms with Crippen molar-refractivity contribution in [2.45, 2.75) is 161 Å². The highest BCUT2D eigenvalue weighted by molar-refractivity contribution is 7.46. The standard InChI is InChI=1S/C37H65O10P/c1-3-5-7-9-11-13-15-17-18-20-22-24-27-34(38)35(39)28-26-30-36(40)45-31-33(32-46-48(42,43)44)47-37(41)29-25-23-21-19-16-14-12-10-8-6-4-2/h5,7,11,13,17-18,22,24,33-35,38-39H,3-4,6,8-10,12,14-16,19-21,23,25-32H2,1-2H3,(H2,42,43,44)/b7-5-,13-11-,18-17-,24-22-/t33-,34+,35+/m1/s1. The fraction of sp³-hybridized carbons (Fsp3) is 0.730. The van der Waals surface area contributed by atoms with Gasteiger partial charge in [0.25, 0.3) is 0 Å². The minimum absolute atomic E-state index is 0.0491. The Morgan fingerprint density at radius 1 is 0.625 bits per heavy atom. The Morgan fingerprint density at radius 3 is 1.67 bits per heavy atom. The van der Waals surface area contributed by atoms with Gasteiger partial charge in [0.2, 0.25) is 0 Å². The SMILES string of the molecule is CC/C=C\C/C=C\C/C=C\C/C=C\C[C@H](O)[C@@H](O)CCCC(=O)OC[C@H](COP(=O)(O)O)OC(=O)CCCCCCCCCCCCC. The van der Waals surface area contributed by atoms with Gasteiger partial charge >= 0.3 is 19.8 Å². The number of ether oxygens (including phenoxy) is 2. The molecule has 48 heavy (non-hydrogen) atoms. The van der Waals surface area contributed by atoms with Crippen molar-refractivity contribution in [3.05, 3.63) is 48.6 Å². The van der Waals surface area contributed by atoms with Crippen LogP contribution in [0, 0.1) is 0 Å². The van der Waals surface area contributed by atoms with Crippen molar-refractivity contribution < 1.29 is 48.2 Å². The summed E-state index contributed by atoms with van der Waals surface area (Å²) in [5.74, 6) is -1.18. The lowest BCUT2D eigenvalue weighted by Crippen LogP contribution is -2.29. The van der Waals surface area contributed by atoms with Crippen molar-refractivity contribution in [2.75, 3.05) is 13.2 Å². The molecule has 0 aliphatic heterocycles. The van der Waals surface area contributed by atoms with Gasteiger partial charge in [-0.05, 0) is 51.4 Å². The van der Waals surface area contributed by atoms with Crippen LogP contribution in [0.4, 0.5) is 0 Å². The quantitative estimate of drug-likeness (QED) is 0.0232. The number of rotatable bonds is 32. The van der Waals surface area contributed by atoms with Crippen LogP contribution in [0.1, 0.15) is 142 Å². The van der Waals surface area contributed by atoms with Gasteiger partial charge < -0.3 is 29.5 Å². The van der Waals surface area contributed by atoms with Crippen molar-refractivity contribution in [1.29, 1.82) is 0 Å². The Hall–Kier alpha value is -2.07. The molecule has 3 atom stereocenters. The molecule has 278 valence electrons. The van der Waals surface area contributed by atoms with Gasteiger partial charge in [-0.3, -0.25) is 14.1 Å². The van der Waals surface area contributed by atoms with Gasteiger partial charge in [-0.1, -0.05) is 127 Å². The van der Waals surface area contributed by atoms with Crippen molar-refractivity contribution in [3.8, 4) is 0 Å². The molecular formula is C37H65O10P. The van der Waals surface area contributed by atoms with Crippen LogP contribution in [0.2, 0.25) is 0 Å². The largest absolute Gasteiger partial charge is 0.469 e. The van der Waals surface area contributed by atoms with Crippen molar-refractivity contribution in [2.24, 2.45) is 0 Å². The molecule has 4 N–H and O–H groups in total. The van der Waals surface area contributed by atoms with E-state index < -0.39 is 51.3 Å². The highest BCUT2D eigenvalue weighted by Gasteiger charge is 2.23. The number of hydrogen-bond donors (Lipinski definition) is 4. The zero-order valence-corrected chi connectivity index (χ0v) is 30.5. The molecule has 11 heteroatoms. The maximum atomic E-state index is 12.3. The lowest BCUT2D eigenvalue weighted by atomic mass is 10.0. The van der Waals surface area contributed by atoms with Gasteiger partial charge in [0, 0.05) is 12.8 Å². The summed E-state index contributed by atoms with van der Waals surface area (Å²) in [5.41, 5.74) is 0. The van der Waals surface area contributed by atoms with Crippen LogP contribution >= 0.6 is 7.82 Å². The molecule has 0 saturated carbocycles. The van der Waals surface area contributed by atoms with E-state index in [0.29, 0.717) is 6.42 Å². The van der Waals surface area contributed by atoms with Crippen LogP contribution in [0.15, 0.2) is 48.6 Å². The summed E-state index contributed by atoms with van der Waals surface area (Å²) >= 11 is 0. The van der Waals surface area contributed by atoms with Crippen LogP contribution in [-0.4, -0.2) is 63.5 Å². The summed E-state index contributed by atoms with van der Waals surface area (Å²) in [5, 5.41) is 20.5. The molecule has 0 aliphatic carbocycles. The predicted octanol–water partition coefficient (Wildman–Crippen LogP) is 8.34. The molecule has 0 radical (unpaired) electrons. The number of allylic oxidation sites excluding steroid dienone is 7. The van der Waals surface area contributed by atoms with Gasteiger partial charge in [0.15, 0.2) is 6.10 Å². The van der Waals surface area contributed by atoms with Gasteiger partial charge in [-0.25, -0.2) is 4.57 Å². The highest BCUT2D eigenvalue weighted by atomic mass is 31.2. The molecule has 0 saturated heterocycles. The fourth-order valence-electron chi connectivity index (χ4n) is 4.75. The molecule has 0 aliphatic rings. The molecule has 0 spiro atoms. The first-order chi connectivity index (χ1) is 23.1. The average molecular weight is 701 g/mol. The summed E-state index contributed by atoms with van der Waals surface area (Å²) in [4.78, 5) is 42.6. The van der Waals surface area contributed by atoms with Crippen molar-refractivity contribution >= 4 is 19.8 Å². The van der Waals surface area contributed by atoms with E-state index in [2.05, 4.69) is 48.8 Å². The molecule has 0 fully saturated rings. The third-order valence-corrected chi connectivity index (χ3v) is 8.05. The van der Waals surface area contributed by atoms with Crippen LogP contribution in [0.25, 0.3) is 0 Å². The van der Waals surface area contributed by atoms with Gasteiger partial charge in [-0.15, -0.1) is 0 Å². The maximum absolute atomic E-state index is 12.3. The second kappa shape index (κ2) is 32.2. The number of unbranched alkanes of at least 4 members (excludes halogenated alkanes) is 10. The summed E-state index contributed by atoms with van der Waals surface area (Å²) < 4.78 is 26.1. The molecule has 0 aromatic rings. The zero-order chi connectivity index (χ0) is 35.7. The Kier molecular flexibility index (Phi) is 30.8. The number of esters is 2. The molecular weight excluding hydrogens is 635 g/mol. The van der Waals surface area contributed by atoms with E-state index in [1.165, 1.54) is 44.9 Å². The number of aliphatic hydroxyl groups excluding tert-OH is 2. The molecule has 0 bridgehead atoms. The summed E-state index contributed by atoms with van der Waals surface area (Å²) in [7, 11) is -4.82. The van der Waals surface area contributed by atoms with Gasteiger partial charge in [0.05, 0.1) is 18.8 Å². The van der Waals surface area contributed by atoms with E-state index >= 15 is 0 Å². The number of phosphoric acid groups is 1. The third-order valence-electron chi connectivity index (χ3n) is 7.56. The second-order valence-electron chi connectivity index (χ2n) is 12.1. The van der Waals surface area contributed by atoms with E-state index in [1.54, 1.807) is 0 Å². The zero-order valence-electron chi connectivity index (χ0n) is 29.6. The smallest absolute Gasteiger partial charge is 0.462 e. The van der Waals surface area contributed by atoms with Crippen LogP contribution in [0.3, 0.4) is 0 Å². The first-order valence-corrected chi connectivity index (χ1v) is 19.6. The monoisotopic (exact) mass is 700 g/mol. The Balaban J connectivity index is 4.26. The molecule has 10 nitrogen and oxygen atoms in total. The Morgan fingerprint density at radius 2 is 1.12 bits per heavy atom. The normalized spacial score (nSPS) is 14.4. The fourth-order valence-corrected chi connectivity index (χ4v) is 5.11. The minimum Gasteiger partial charge on any atom is -0.462 e. The lowest BCUT2D eigenvalue weighted by molar-refractivity contribution is -0.161. The molecule has 0 aromatic carbocycles. The number of carbonyl (C=O) groups is 2. The lowest BCUT2D eigenvalue weighted by Gasteiger charge is -2.19. The van der Waals surface area contributed by atoms with Crippen molar-refractivity contribution in [1.82, 2.24) is 0 Å². The van der Waals surface area contributed by atoms with E-state index in [9.17, 15) is 24.4 Å². The van der Waals surface area contributed by atoms with Crippen molar-refractivity contribution in [3.63, 3.8) is 0 Å². The number of carbonyl (C=O) groups excluding carboxylic acids is 2. The highest BCUT2D eigenvalue weighted by Crippen LogP contribution is 2.36. The summed E-state index contributed by atoms with van der Waals surface area (Å²) in [6.45, 7) is 3.28. The van der Waals surface area contributed by atoms with E-state index in [1.807, 2.05) is 18.2 Å². The molecule has 0 rings (SSSR count). The molecule has 0 heterocycles. The predicted molar refractivity (Wildman–Crippen MR) is 191 cm³/mol. The Labute approximate surface area is 290 Å². The second-order valence-corrected chi connectivity index (χ2v) is 13.4. The van der Waals surface area contributed by atoms with E-state index in [0.717, 1.165) is 44.9 Å². The summed E-state index contributed by atoms with van der Waals surface area (Å²) in [6, 6.07) is 0. The average Bonchev–Trinajstić information content (AvgIpc) is 3.04. The summed E-state index contributed by atoms with van der Waals surface area (Å²) in [6.07, 6.45) is 30.2. The van der Waals surface area contributed by atoms with Gasteiger partial charge in [0.1, 0.15) is 6.61 Å². The minimum atomic E-state index is -4.82. The topological polar surface area (TPSA) is 160 Å². The maximum Gasteiger partial charge on any atom is 0.469 e. The first-order valence-electron chi connectivity index (χ1n) is 18.1. The van der Waals surface area contributed by atoms with Crippen LogP contribution in [-0.2, 0) is 28.2 Å². The van der Waals surface area contributed by atoms with Crippen LogP contribution < -0.4 is 0 Å². The number of aliphatic hydroxyl groups is 2. The van der Waals surface area contributed by atoms with Gasteiger partial charge in [-0.2, -0.15) is 0 Å². The first kappa shape index (κ1) is 45.9. The van der Waals surface area contributed by atoms with Crippen LogP contribution in [0.5, 0.6) is 0 Å². The molecule has 0 amide bonds. The number of hydrogen-bond acceptors (Lipinski definition) is 8. The molecule has 0 unspecified atom stereocenters.